The van der Waals surface area contributed by atoms with Crippen LogP contribution in [0, 0.1) is 0 Å². The quantitative estimate of drug-likeness (QED) is 0.260. The molecule has 0 radical (unpaired) electrons. The molecule has 0 aliphatic heterocycles. The summed E-state index contributed by atoms with van der Waals surface area (Å²) < 4.78 is 4.61. The van der Waals surface area contributed by atoms with Gasteiger partial charge in [0.2, 0.25) is 0 Å². The summed E-state index contributed by atoms with van der Waals surface area (Å²) in [6, 6.07) is 0. The Morgan fingerprint density at radius 1 is 0.895 bits per heavy atom. The Balaban J connectivity index is 3.10. The fourth-order valence-corrected chi connectivity index (χ4v) is 1.96. The second-order valence-corrected chi connectivity index (χ2v) is 4.93. The van der Waals surface area contributed by atoms with Crippen LogP contribution in [0.3, 0.4) is 0 Å². The van der Waals surface area contributed by atoms with Gasteiger partial charge >= 0.3 is 5.97 Å². The van der Waals surface area contributed by atoms with Crippen LogP contribution in [0.25, 0.3) is 0 Å². The molecule has 0 aliphatic rings. The minimum atomic E-state index is -0.0819. The molecule has 0 bridgehead atoms. The maximum Gasteiger partial charge on any atom is 0.305 e. The number of methoxy groups -OCH3 is 1. The van der Waals surface area contributed by atoms with Crippen LogP contribution in [-0.2, 0) is 9.53 Å². The van der Waals surface area contributed by atoms with Crippen molar-refractivity contribution >= 4 is 5.97 Å². The Labute approximate surface area is 118 Å². The van der Waals surface area contributed by atoms with Crippen LogP contribution in [0.2, 0.25) is 0 Å². The molecule has 0 atom stereocenters. The van der Waals surface area contributed by atoms with Crippen LogP contribution >= 0.6 is 0 Å². The smallest absolute Gasteiger partial charge is 0.305 e. The van der Waals surface area contributed by atoms with Gasteiger partial charge in [-0.15, -0.1) is 6.58 Å². The summed E-state index contributed by atoms with van der Waals surface area (Å²) in [4.78, 5) is 10.9. The Morgan fingerprint density at radius 2 is 1.47 bits per heavy atom. The SMILES string of the molecule is C=CCCC/C=C/CCCCCCCCC(=O)OC. The van der Waals surface area contributed by atoms with Crippen molar-refractivity contribution in [2.45, 2.75) is 70.6 Å². The zero-order valence-corrected chi connectivity index (χ0v) is 12.5. The van der Waals surface area contributed by atoms with E-state index < -0.39 is 0 Å². The van der Waals surface area contributed by atoms with Gasteiger partial charge in [0.1, 0.15) is 0 Å². The molecule has 2 nitrogen and oxygen atoms in total. The van der Waals surface area contributed by atoms with Crippen molar-refractivity contribution < 1.29 is 9.53 Å². The van der Waals surface area contributed by atoms with E-state index in [0.717, 1.165) is 19.3 Å². The second-order valence-electron chi connectivity index (χ2n) is 4.93. The molecule has 0 spiro atoms. The largest absolute Gasteiger partial charge is 0.469 e. The van der Waals surface area contributed by atoms with E-state index in [4.69, 9.17) is 0 Å². The molecule has 0 saturated heterocycles. The van der Waals surface area contributed by atoms with E-state index in [2.05, 4.69) is 23.5 Å². The predicted molar refractivity (Wildman–Crippen MR) is 82.1 cm³/mol. The molecular formula is C17H30O2. The molecular weight excluding hydrogens is 236 g/mol. The number of hydrogen-bond donors (Lipinski definition) is 0. The van der Waals surface area contributed by atoms with Gasteiger partial charge in [-0.05, 0) is 38.5 Å². The number of esters is 1. The van der Waals surface area contributed by atoms with E-state index in [9.17, 15) is 4.79 Å². The van der Waals surface area contributed by atoms with Gasteiger partial charge in [0, 0.05) is 6.42 Å². The first-order chi connectivity index (χ1) is 9.31. The van der Waals surface area contributed by atoms with Crippen LogP contribution in [0.4, 0.5) is 0 Å². The third-order valence-electron chi connectivity index (χ3n) is 3.18. The highest BCUT2D eigenvalue weighted by Gasteiger charge is 1.98. The van der Waals surface area contributed by atoms with E-state index in [1.165, 1.54) is 52.1 Å². The summed E-state index contributed by atoms with van der Waals surface area (Å²) in [5.74, 6) is -0.0819. The lowest BCUT2D eigenvalue weighted by atomic mass is 10.1. The van der Waals surface area contributed by atoms with E-state index in [-0.39, 0.29) is 5.97 Å². The van der Waals surface area contributed by atoms with Crippen LogP contribution in [-0.4, -0.2) is 13.1 Å². The van der Waals surface area contributed by atoms with Crippen molar-refractivity contribution in [3.63, 3.8) is 0 Å². The second kappa shape index (κ2) is 15.0. The Morgan fingerprint density at radius 3 is 2.11 bits per heavy atom. The summed E-state index contributed by atoms with van der Waals surface area (Å²) in [5.41, 5.74) is 0. The first-order valence-electron chi connectivity index (χ1n) is 7.64. The molecule has 0 rings (SSSR count). The Bertz CT molecular complexity index is 244. The van der Waals surface area contributed by atoms with Gasteiger partial charge in [-0.3, -0.25) is 4.79 Å². The van der Waals surface area contributed by atoms with Crippen molar-refractivity contribution in [3.8, 4) is 0 Å². The maximum absolute atomic E-state index is 10.9. The lowest BCUT2D eigenvalue weighted by Gasteiger charge is -2.00. The molecule has 110 valence electrons. The highest BCUT2D eigenvalue weighted by atomic mass is 16.5. The molecule has 0 aromatic rings. The molecule has 0 unspecified atom stereocenters. The summed E-state index contributed by atoms with van der Waals surface area (Å²) in [7, 11) is 1.45. The minimum Gasteiger partial charge on any atom is -0.469 e. The number of rotatable bonds is 13. The van der Waals surface area contributed by atoms with Crippen LogP contribution in [0.1, 0.15) is 70.6 Å². The third kappa shape index (κ3) is 14.9. The number of ether oxygens (including phenoxy) is 1. The average Bonchev–Trinajstić information content (AvgIpc) is 2.43. The molecule has 0 fully saturated rings. The molecule has 0 aromatic carbocycles. The minimum absolute atomic E-state index is 0.0819. The number of allylic oxidation sites excluding steroid dienone is 3. The zero-order chi connectivity index (χ0) is 14.2. The van der Waals surface area contributed by atoms with Gasteiger partial charge in [-0.2, -0.15) is 0 Å². The third-order valence-corrected chi connectivity index (χ3v) is 3.18. The summed E-state index contributed by atoms with van der Waals surface area (Å²) in [6.07, 6.45) is 19.1. The molecule has 0 saturated carbocycles. The number of carbonyl (C=O) groups is 1. The highest BCUT2D eigenvalue weighted by Crippen LogP contribution is 2.09. The summed E-state index contributed by atoms with van der Waals surface area (Å²) in [6.45, 7) is 3.71. The molecule has 0 aromatic heterocycles. The fourth-order valence-electron chi connectivity index (χ4n) is 1.96. The van der Waals surface area contributed by atoms with Gasteiger partial charge in [0.05, 0.1) is 7.11 Å². The molecule has 19 heavy (non-hydrogen) atoms. The normalized spacial score (nSPS) is 10.8. The topological polar surface area (TPSA) is 26.3 Å². The Kier molecular flexibility index (Phi) is 14.2. The monoisotopic (exact) mass is 266 g/mol. The van der Waals surface area contributed by atoms with Crippen molar-refractivity contribution in [3.05, 3.63) is 24.8 Å². The van der Waals surface area contributed by atoms with Gasteiger partial charge in [0.25, 0.3) is 0 Å². The predicted octanol–water partition coefficient (Wildman–Crippen LogP) is 5.19. The maximum atomic E-state index is 10.9. The van der Waals surface area contributed by atoms with E-state index >= 15 is 0 Å². The summed E-state index contributed by atoms with van der Waals surface area (Å²) in [5, 5.41) is 0. The van der Waals surface area contributed by atoms with Gasteiger partial charge < -0.3 is 4.74 Å². The lowest BCUT2D eigenvalue weighted by Crippen LogP contribution is -1.99. The highest BCUT2D eigenvalue weighted by molar-refractivity contribution is 5.68. The zero-order valence-electron chi connectivity index (χ0n) is 12.5. The molecule has 0 N–H and O–H groups in total. The first kappa shape index (κ1) is 17.9. The van der Waals surface area contributed by atoms with Crippen molar-refractivity contribution in [2.24, 2.45) is 0 Å². The van der Waals surface area contributed by atoms with E-state index in [1.807, 2.05) is 6.08 Å². The van der Waals surface area contributed by atoms with Gasteiger partial charge in [-0.1, -0.05) is 43.9 Å². The molecule has 2 heteroatoms. The van der Waals surface area contributed by atoms with Gasteiger partial charge in [-0.25, -0.2) is 0 Å². The number of hydrogen-bond acceptors (Lipinski definition) is 2. The Hall–Kier alpha value is -1.05. The van der Waals surface area contributed by atoms with E-state index in [0.29, 0.717) is 6.42 Å². The van der Waals surface area contributed by atoms with E-state index in [1.54, 1.807) is 0 Å². The molecule has 0 aliphatic carbocycles. The van der Waals surface area contributed by atoms with Gasteiger partial charge in [0.15, 0.2) is 0 Å². The number of unbranched alkanes of at least 4 members (excludes halogenated alkanes) is 8. The standard InChI is InChI=1S/C17H30O2/c1-3-4-5-6-7-8-9-10-11-12-13-14-15-16-17(18)19-2/h3,7-8H,1,4-6,9-16H2,2H3/b8-7+. The average molecular weight is 266 g/mol. The summed E-state index contributed by atoms with van der Waals surface area (Å²) >= 11 is 0. The molecule has 0 heterocycles. The van der Waals surface area contributed by atoms with Crippen LogP contribution in [0.5, 0.6) is 0 Å². The van der Waals surface area contributed by atoms with Crippen molar-refractivity contribution in [1.29, 1.82) is 0 Å². The number of carbonyl (C=O) groups excluding carboxylic acids is 1. The lowest BCUT2D eigenvalue weighted by molar-refractivity contribution is -0.140. The van der Waals surface area contributed by atoms with Crippen molar-refractivity contribution in [2.75, 3.05) is 7.11 Å². The van der Waals surface area contributed by atoms with Crippen LogP contribution in [0.15, 0.2) is 24.8 Å². The fraction of sp³-hybridized carbons (Fsp3) is 0.706. The van der Waals surface area contributed by atoms with Crippen molar-refractivity contribution in [1.82, 2.24) is 0 Å². The molecule has 0 amide bonds. The van der Waals surface area contributed by atoms with Crippen LogP contribution < -0.4 is 0 Å². The first-order valence-corrected chi connectivity index (χ1v) is 7.64.